The molecule has 3 rings (SSSR count). The SMILES string of the molecule is CC1CN(C(=O)c2ccc3ccccc3c2)CCC1=O. The number of hydrogen-bond donors (Lipinski definition) is 0. The van der Waals surface area contributed by atoms with Crippen molar-refractivity contribution in [2.45, 2.75) is 13.3 Å². The largest absolute Gasteiger partial charge is 0.337 e. The van der Waals surface area contributed by atoms with E-state index in [2.05, 4.69) is 0 Å². The second-order valence-electron chi connectivity index (χ2n) is 5.43. The highest BCUT2D eigenvalue weighted by Crippen LogP contribution is 2.19. The van der Waals surface area contributed by atoms with Crippen LogP contribution in [0.3, 0.4) is 0 Å². The van der Waals surface area contributed by atoms with Crippen LogP contribution in [0.1, 0.15) is 23.7 Å². The van der Waals surface area contributed by atoms with Crippen molar-refractivity contribution in [1.29, 1.82) is 0 Å². The van der Waals surface area contributed by atoms with Gasteiger partial charge in [-0.3, -0.25) is 9.59 Å². The summed E-state index contributed by atoms with van der Waals surface area (Å²) in [5, 5.41) is 2.20. The molecule has 0 radical (unpaired) electrons. The summed E-state index contributed by atoms with van der Waals surface area (Å²) in [4.78, 5) is 25.8. The van der Waals surface area contributed by atoms with Crippen molar-refractivity contribution in [3.05, 3.63) is 48.0 Å². The predicted octanol–water partition coefficient (Wildman–Crippen LogP) is 2.89. The molecule has 1 heterocycles. The molecule has 0 bridgehead atoms. The first-order valence-electron chi connectivity index (χ1n) is 6.96. The highest BCUT2D eigenvalue weighted by Gasteiger charge is 2.27. The zero-order chi connectivity index (χ0) is 14.1. The van der Waals surface area contributed by atoms with Gasteiger partial charge in [-0.05, 0) is 22.9 Å². The maximum atomic E-state index is 12.5. The molecule has 1 amide bonds. The normalized spacial score (nSPS) is 19.4. The van der Waals surface area contributed by atoms with Gasteiger partial charge < -0.3 is 4.90 Å². The number of Topliss-reactive ketones (excluding diaryl/α,β-unsaturated/α-hetero) is 1. The van der Waals surface area contributed by atoms with Crippen molar-refractivity contribution < 1.29 is 9.59 Å². The molecule has 3 heteroatoms. The van der Waals surface area contributed by atoms with Gasteiger partial charge in [0.15, 0.2) is 0 Å². The topological polar surface area (TPSA) is 37.4 Å². The summed E-state index contributed by atoms with van der Waals surface area (Å²) in [7, 11) is 0. The van der Waals surface area contributed by atoms with Crippen molar-refractivity contribution in [2.24, 2.45) is 5.92 Å². The van der Waals surface area contributed by atoms with Crippen LogP contribution in [0.25, 0.3) is 10.8 Å². The van der Waals surface area contributed by atoms with Crippen LogP contribution in [0.2, 0.25) is 0 Å². The van der Waals surface area contributed by atoms with E-state index in [1.165, 1.54) is 0 Å². The van der Waals surface area contributed by atoms with Crippen LogP contribution >= 0.6 is 0 Å². The summed E-state index contributed by atoms with van der Waals surface area (Å²) in [6.07, 6.45) is 0.473. The van der Waals surface area contributed by atoms with E-state index >= 15 is 0 Å². The first-order chi connectivity index (χ1) is 9.65. The van der Waals surface area contributed by atoms with Gasteiger partial charge in [0.25, 0.3) is 5.91 Å². The molecule has 102 valence electrons. The minimum Gasteiger partial charge on any atom is -0.337 e. The van der Waals surface area contributed by atoms with Crippen LogP contribution in [0, 0.1) is 5.92 Å². The van der Waals surface area contributed by atoms with Gasteiger partial charge in [-0.25, -0.2) is 0 Å². The number of benzene rings is 2. The van der Waals surface area contributed by atoms with Gasteiger partial charge in [-0.2, -0.15) is 0 Å². The van der Waals surface area contributed by atoms with Gasteiger partial charge in [0.2, 0.25) is 0 Å². The molecule has 1 atom stereocenters. The van der Waals surface area contributed by atoms with Crippen molar-refractivity contribution in [3.8, 4) is 0 Å². The Hall–Kier alpha value is -2.16. The molecule has 0 spiro atoms. The fraction of sp³-hybridized carbons (Fsp3) is 0.294. The summed E-state index contributed by atoms with van der Waals surface area (Å²) in [5.41, 5.74) is 0.699. The minimum absolute atomic E-state index is 0.0232. The number of piperidine rings is 1. The second kappa shape index (κ2) is 5.08. The van der Waals surface area contributed by atoms with E-state index in [0.29, 0.717) is 25.1 Å². The molecule has 20 heavy (non-hydrogen) atoms. The van der Waals surface area contributed by atoms with Gasteiger partial charge in [0.05, 0.1) is 0 Å². The number of carbonyl (C=O) groups excluding carboxylic acids is 2. The standard InChI is InChI=1S/C17H17NO2/c1-12-11-18(9-8-16(12)19)17(20)15-7-6-13-4-2-3-5-14(13)10-15/h2-7,10,12H,8-9,11H2,1H3. The lowest BCUT2D eigenvalue weighted by Gasteiger charge is -2.30. The van der Waals surface area contributed by atoms with Crippen LogP contribution in [0.15, 0.2) is 42.5 Å². The van der Waals surface area contributed by atoms with Gasteiger partial charge in [-0.1, -0.05) is 37.3 Å². The molecule has 0 aliphatic carbocycles. The lowest BCUT2D eigenvalue weighted by Crippen LogP contribution is -2.43. The van der Waals surface area contributed by atoms with Crippen LogP contribution in [-0.2, 0) is 4.79 Å². The lowest BCUT2D eigenvalue weighted by molar-refractivity contribution is -0.124. The Morgan fingerprint density at radius 2 is 1.90 bits per heavy atom. The Bertz CT molecular complexity index is 677. The van der Waals surface area contributed by atoms with Crippen molar-refractivity contribution in [2.75, 3.05) is 13.1 Å². The van der Waals surface area contributed by atoms with E-state index in [-0.39, 0.29) is 17.6 Å². The van der Waals surface area contributed by atoms with Gasteiger partial charge in [0.1, 0.15) is 5.78 Å². The van der Waals surface area contributed by atoms with Crippen LogP contribution < -0.4 is 0 Å². The Balaban J connectivity index is 1.87. The molecule has 1 saturated heterocycles. The molecule has 0 saturated carbocycles. The molecule has 0 aromatic heterocycles. The minimum atomic E-state index is -0.0480. The lowest BCUT2D eigenvalue weighted by atomic mass is 9.97. The van der Waals surface area contributed by atoms with E-state index in [9.17, 15) is 9.59 Å². The number of nitrogens with zero attached hydrogens (tertiary/aromatic N) is 1. The van der Waals surface area contributed by atoms with E-state index < -0.39 is 0 Å². The number of carbonyl (C=O) groups is 2. The van der Waals surface area contributed by atoms with E-state index in [0.717, 1.165) is 10.8 Å². The Morgan fingerprint density at radius 3 is 2.65 bits per heavy atom. The second-order valence-corrected chi connectivity index (χ2v) is 5.43. The van der Waals surface area contributed by atoms with Crippen LogP contribution in [0.4, 0.5) is 0 Å². The monoisotopic (exact) mass is 267 g/mol. The average Bonchev–Trinajstić information content (AvgIpc) is 2.49. The van der Waals surface area contributed by atoms with E-state index in [4.69, 9.17) is 0 Å². The Labute approximate surface area is 118 Å². The molecule has 2 aromatic carbocycles. The molecular weight excluding hydrogens is 250 g/mol. The van der Waals surface area contributed by atoms with E-state index in [1.54, 1.807) is 4.90 Å². The summed E-state index contributed by atoms with van der Waals surface area (Å²) < 4.78 is 0. The fourth-order valence-corrected chi connectivity index (χ4v) is 2.70. The third-order valence-corrected chi connectivity index (χ3v) is 3.96. The van der Waals surface area contributed by atoms with E-state index in [1.807, 2.05) is 49.4 Å². The number of amides is 1. The highest BCUT2D eigenvalue weighted by molar-refractivity contribution is 5.99. The zero-order valence-corrected chi connectivity index (χ0v) is 11.5. The average molecular weight is 267 g/mol. The summed E-state index contributed by atoms with van der Waals surface area (Å²) in [6, 6.07) is 13.8. The highest BCUT2D eigenvalue weighted by atomic mass is 16.2. The number of rotatable bonds is 1. The Kier molecular flexibility index (Phi) is 3.26. The van der Waals surface area contributed by atoms with Gasteiger partial charge in [0, 0.05) is 31.0 Å². The Morgan fingerprint density at radius 1 is 1.15 bits per heavy atom. The molecule has 0 N–H and O–H groups in total. The molecule has 3 nitrogen and oxygen atoms in total. The third kappa shape index (κ3) is 2.31. The van der Waals surface area contributed by atoms with Crippen molar-refractivity contribution in [1.82, 2.24) is 4.90 Å². The number of ketones is 1. The maximum Gasteiger partial charge on any atom is 0.253 e. The fourth-order valence-electron chi connectivity index (χ4n) is 2.70. The van der Waals surface area contributed by atoms with Gasteiger partial charge >= 0.3 is 0 Å². The molecular formula is C17H17NO2. The first-order valence-corrected chi connectivity index (χ1v) is 6.96. The zero-order valence-electron chi connectivity index (χ0n) is 11.5. The quantitative estimate of drug-likeness (QED) is 0.796. The number of fused-ring (bicyclic) bond motifs is 1. The molecule has 1 aliphatic heterocycles. The number of hydrogen-bond acceptors (Lipinski definition) is 2. The molecule has 1 fully saturated rings. The van der Waals surface area contributed by atoms with Crippen molar-refractivity contribution in [3.63, 3.8) is 0 Å². The van der Waals surface area contributed by atoms with Gasteiger partial charge in [-0.15, -0.1) is 0 Å². The summed E-state index contributed by atoms with van der Waals surface area (Å²) in [6.45, 7) is 2.96. The van der Waals surface area contributed by atoms with Crippen LogP contribution in [-0.4, -0.2) is 29.7 Å². The molecule has 2 aromatic rings. The summed E-state index contributed by atoms with van der Waals surface area (Å²) in [5.74, 6) is 0.232. The predicted molar refractivity (Wildman–Crippen MR) is 78.6 cm³/mol. The molecule has 1 unspecified atom stereocenters. The van der Waals surface area contributed by atoms with Crippen molar-refractivity contribution >= 4 is 22.5 Å². The number of likely N-dealkylation sites (tertiary alicyclic amines) is 1. The smallest absolute Gasteiger partial charge is 0.253 e. The van der Waals surface area contributed by atoms with Crippen LogP contribution in [0.5, 0.6) is 0 Å². The first kappa shape index (κ1) is 12.9. The third-order valence-electron chi connectivity index (χ3n) is 3.96. The summed E-state index contributed by atoms with van der Waals surface area (Å²) >= 11 is 0. The maximum absolute atomic E-state index is 12.5. The molecule has 1 aliphatic rings.